The van der Waals surface area contributed by atoms with Gasteiger partial charge in [-0.2, -0.15) is 0 Å². The molecule has 1 aromatic rings. The molecule has 1 spiro atoms. The summed E-state index contributed by atoms with van der Waals surface area (Å²) in [5.74, 6) is 1.07. The molecular weight excluding hydrogens is 246 g/mol. The fourth-order valence-corrected chi connectivity index (χ4v) is 4.07. The Kier molecular flexibility index (Phi) is 3.53. The van der Waals surface area contributed by atoms with E-state index in [1.807, 2.05) is 0 Å². The molecule has 0 heterocycles. The van der Waals surface area contributed by atoms with Crippen molar-refractivity contribution in [2.75, 3.05) is 20.2 Å². The molecule has 110 valence electrons. The molecule has 0 amide bonds. The summed E-state index contributed by atoms with van der Waals surface area (Å²) in [5.41, 5.74) is 3.78. The standard InChI is InChI=1S/C18H27NO/c1-4-9-19-13-18(11-17(12-18)7-8-17)15-10-14(2)5-6-16(15)20-3/h5-6,10,19H,4,7-9,11-13H2,1-3H3. The maximum absolute atomic E-state index is 5.65. The summed E-state index contributed by atoms with van der Waals surface area (Å²) in [7, 11) is 1.80. The van der Waals surface area contributed by atoms with Gasteiger partial charge in [0.2, 0.25) is 0 Å². The molecule has 0 bridgehead atoms. The van der Waals surface area contributed by atoms with Crippen LogP contribution in [0.3, 0.4) is 0 Å². The Bertz CT molecular complexity index is 482. The quantitative estimate of drug-likeness (QED) is 0.796. The zero-order valence-corrected chi connectivity index (χ0v) is 13.1. The van der Waals surface area contributed by atoms with Crippen molar-refractivity contribution in [3.05, 3.63) is 29.3 Å². The Balaban J connectivity index is 1.87. The smallest absolute Gasteiger partial charge is 0.122 e. The molecule has 3 rings (SSSR count). The third-order valence-electron chi connectivity index (χ3n) is 5.20. The van der Waals surface area contributed by atoms with Crippen LogP contribution in [0.1, 0.15) is 50.2 Å². The number of nitrogens with one attached hydrogen (secondary N) is 1. The number of aryl methyl sites for hydroxylation is 1. The number of methoxy groups -OCH3 is 1. The summed E-state index contributed by atoms with van der Waals surface area (Å²) in [5, 5.41) is 3.66. The lowest BCUT2D eigenvalue weighted by molar-refractivity contribution is 0.113. The normalized spacial score (nSPS) is 21.6. The second-order valence-electron chi connectivity index (χ2n) is 7.01. The summed E-state index contributed by atoms with van der Waals surface area (Å²) in [6.07, 6.45) is 6.77. The maximum Gasteiger partial charge on any atom is 0.122 e. The van der Waals surface area contributed by atoms with Crippen molar-refractivity contribution in [3.8, 4) is 5.75 Å². The fourth-order valence-electron chi connectivity index (χ4n) is 4.07. The molecule has 0 atom stereocenters. The van der Waals surface area contributed by atoms with E-state index in [1.165, 1.54) is 43.2 Å². The lowest BCUT2D eigenvalue weighted by Crippen LogP contribution is -2.50. The van der Waals surface area contributed by atoms with E-state index in [9.17, 15) is 0 Å². The van der Waals surface area contributed by atoms with Crippen LogP contribution in [0.2, 0.25) is 0 Å². The molecule has 20 heavy (non-hydrogen) atoms. The summed E-state index contributed by atoms with van der Waals surface area (Å²) >= 11 is 0. The van der Waals surface area contributed by atoms with Gasteiger partial charge in [0.05, 0.1) is 7.11 Å². The van der Waals surface area contributed by atoms with E-state index in [4.69, 9.17) is 4.74 Å². The van der Waals surface area contributed by atoms with Gasteiger partial charge < -0.3 is 10.1 Å². The van der Waals surface area contributed by atoms with Crippen molar-refractivity contribution in [2.24, 2.45) is 5.41 Å². The van der Waals surface area contributed by atoms with Crippen molar-refractivity contribution < 1.29 is 4.74 Å². The van der Waals surface area contributed by atoms with Gasteiger partial charge in [-0.1, -0.05) is 24.6 Å². The van der Waals surface area contributed by atoms with Gasteiger partial charge in [-0.25, -0.2) is 0 Å². The van der Waals surface area contributed by atoms with Crippen molar-refractivity contribution in [3.63, 3.8) is 0 Å². The van der Waals surface area contributed by atoms with Crippen LogP contribution in [-0.2, 0) is 5.41 Å². The summed E-state index contributed by atoms with van der Waals surface area (Å²) < 4.78 is 5.65. The predicted octanol–water partition coefficient (Wildman–Crippen LogP) is 3.82. The molecule has 1 aromatic carbocycles. The number of hydrogen-bond donors (Lipinski definition) is 1. The number of hydrogen-bond acceptors (Lipinski definition) is 2. The largest absolute Gasteiger partial charge is 0.496 e. The lowest BCUT2D eigenvalue weighted by atomic mass is 9.56. The minimum absolute atomic E-state index is 0.309. The first kappa shape index (κ1) is 13.9. The van der Waals surface area contributed by atoms with E-state index in [-0.39, 0.29) is 0 Å². The molecule has 0 saturated heterocycles. The Morgan fingerprint density at radius 3 is 2.60 bits per heavy atom. The van der Waals surface area contributed by atoms with Gasteiger partial charge >= 0.3 is 0 Å². The van der Waals surface area contributed by atoms with Gasteiger partial charge in [0.15, 0.2) is 0 Å². The number of rotatable bonds is 6. The van der Waals surface area contributed by atoms with E-state index in [2.05, 4.69) is 37.4 Å². The van der Waals surface area contributed by atoms with Crippen molar-refractivity contribution in [2.45, 2.75) is 51.4 Å². The van der Waals surface area contributed by atoms with Crippen LogP contribution >= 0.6 is 0 Å². The average Bonchev–Trinajstić information content (AvgIpc) is 3.18. The van der Waals surface area contributed by atoms with Gasteiger partial charge in [-0.15, -0.1) is 0 Å². The lowest BCUT2D eigenvalue weighted by Gasteiger charge is -2.50. The highest BCUT2D eigenvalue weighted by Crippen LogP contribution is 2.69. The molecule has 0 radical (unpaired) electrons. The van der Waals surface area contributed by atoms with E-state index in [1.54, 1.807) is 7.11 Å². The Morgan fingerprint density at radius 2 is 2.00 bits per heavy atom. The molecule has 2 aliphatic rings. The molecule has 0 unspecified atom stereocenters. The van der Waals surface area contributed by atoms with Crippen LogP contribution in [0.25, 0.3) is 0 Å². The predicted molar refractivity (Wildman–Crippen MR) is 83.5 cm³/mol. The van der Waals surface area contributed by atoms with Gasteiger partial charge in [0.25, 0.3) is 0 Å². The molecule has 2 fully saturated rings. The molecular formula is C18H27NO. The van der Waals surface area contributed by atoms with Crippen molar-refractivity contribution in [1.29, 1.82) is 0 Å². The molecule has 0 aliphatic heterocycles. The molecule has 2 saturated carbocycles. The first-order valence-corrected chi connectivity index (χ1v) is 7.99. The highest BCUT2D eigenvalue weighted by Gasteiger charge is 2.61. The molecule has 2 nitrogen and oxygen atoms in total. The third kappa shape index (κ3) is 2.35. The average molecular weight is 273 g/mol. The number of ether oxygens (including phenoxy) is 1. The highest BCUT2D eigenvalue weighted by molar-refractivity contribution is 5.46. The zero-order chi connectivity index (χ0) is 14.2. The van der Waals surface area contributed by atoms with E-state index in [0.717, 1.165) is 18.8 Å². The van der Waals surface area contributed by atoms with Crippen LogP contribution in [0.5, 0.6) is 5.75 Å². The summed E-state index contributed by atoms with van der Waals surface area (Å²) in [4.78, 5) is 0. The fraction of sp³-hybridized carbons (Fsp3) is 0.667. The monoisotopic (exact) mass is 273 g/mol. The van der Waals surface area contributed by atoms with Gasteiger partial charge in [0.1, 0.15) is 5.75 Å². The third-order valence-corrected chi connectivity index (χ3v) is 5.20. The van der Waals surface area contributed by atoms with Crippen LogP contribution in [0.4, 0.5) is 0 Å². The second-order valence-corrected chi connectivity index (χ2v) is 7.01. The Morgan fingerprint density at radius 1 is 1.25 bits per heavy atom. The van der Waals surface area contributed by atoms with Crippen LogP contribution in [-0.4, -0.2) is 20.2 Å². The summed E-state index contributed by atoms with van der Waals surface area (Å²) in [6, 6.07) is 6.65. The first-order chi connectivity index (χ1) is 9.63. The second kappa shape index (κ2) is 5.07. The SMILES string of the molecule is CCCNCC1(c2cc(C)ccc2OC)CC2(CC2)C1. The van der Waals surface area contributed by atoms with Crippen molar-refractivity contribution in [1.82, 2.24) is 5.32 Å². The van der Waals surface area contributed by atoms with Gasteiger partial charge in [-0.3, -0.25) is 0 Å². The van der Waals surface area contributed by atoms with Gasteiger partial charge in [-0.05, 0) is 57.1 Å². The van der Waals surface area contributed by atoms with E-state index >= 15 is 0 Å². The van der Waals surface area contributed by atoms with Gasteiger partial charge in [0, 0.05) is 17.5 Å². The number of benzene rings is 1. The minimum Gasteiger partial charge on any atom is -0.496 e. The van der Waals surface area contributed by atoms with Crippen molar-refractivity contribution >= 4 is 0 Å². The van der Waals surface area contributed by atoms with Crippen LogP contribution in [0.15, 0.2) is 18.2 Å². The minimum atomic E-state index is 0.309. The zero-order valence-electron chi connectivity index (χ0n) is 13.1. The topological polar surface area (TPSA) is 21.3 Å². The molecule has 2 heteroatoms. The molecule has 1 N–H and O–H groups in total. The maximum atomic E-state index is 5.65. The first-order valence-electron chi connectivity index (χ1n) is 7.99. The molecule has 2 aliphatic carbocycles. The molecule has 0 aromatic heterocycles. The summed E-state index contributed by atoms with van der Waals surface area (Å²) in [6.45, 7) is 6.63. The van der Waals surface area contributed by atoms with Crippen LogP contribution in [0, 0.1) is 12.3 Å². The Labute approximate surface area is 122 Å². The van der Waals surface area contributed by atoms with E-state index < -0.39 is 0 Å². The van der Waals surface area contributed by atoms with Crippen LogP contribution < -0.4 is 10.1 Å². The van der Waals surface area contributed by atoms with E-state index in [0.29, 0.717) is 10.8 Å². The highest BCUT2D eigenvalue weighted by atomic mass is 16.5. The Hall–Kier alpha value is -1.02.